The molecule has 1 fully saturated rings. The van der Waals surface area contributed by atoms with E-state index in [1.165, 1.54) is 11.9 Å². The molecule has 2 aromatic rings. The third kappa shape index (κ3) is 6.86. The molecule has 10 nitrogen and oxygen atoms in total. The van der Waals surface area contributed by atoms with Crippen LogP contribution >= 0.6 is 0 Å². The maximum Gasteiger partial charge on any atom is 0.414 e. The van der Waals surface area contributed by atoms with Gasteiger partial charge in [0.25, 0.3) is 0 Å². The summed E-state index contributed by atoms with van der Waals surface area (Å²) in [6.07, 6.45) is 1.35. The molecule has 37 heavy (non-hydrogen) atoms. The van der Waals surface area contributed by atoms with Gasteiger partial charge in [-0.1, -0.05) is 55.3 Å². The number of benzene rings is 2. The van der Waals surface area contributed by atoms with Crippen LogP contribution in [0.2, 0.25) is 0 Å². The molecular weight excluding hydrogens is 498 g/mol. The third-order valence-corrected chi connectivity index (χ3v) is 8.48. The maximum absolute atomic E-state index is 13.5. The van der Waals surface area contributed by atoms with Crippen molar-refractivity contribution in [2.75, 3.05) is 21.1 Å². The minimum absolute atomic E-state index is 0.0282. The molecule has 0 aliphatic heterocycles. The zero-order valence-corrected chi connectivity index (χ0v) is 22.0. The molecule has 0 heterocycles. The topological polar surface area (TPSA) is 133 Å². The number of rotatable bonds is 10. The number of hydrogen-bond donors (Lipinski definition) is 2. The zero-order chi connectivity index (χ0) is 27.2. The van der Waals surface area contributed by atoms with Gasteiger partial charge in [0, 0.05) is 27.6 Å². The van der Waals surface area contributed by atoms with Crippen LogP contribution in [0.25, 0.3) is 0 Å². The van der Waals surface area contributed by atoms with Gasteiger partial charge in [0.15, 0.2) is 0 Å². The van der Waals surface area contributed by atoms with Crippen LogP contribution in [0.5, 0.6) is 5.75 Å². The summed E-state index contributed by atoms with van der Waals surface area (Å²) in [5.41, 5.74) is -0.153. The lowest BCUT2D eigenvalue weighted by molar-refractivity contribution is -0.143. The molecule has 0 unspecified atom stereocenters. The molecule has 2 amide bonds. The van der Waals surface area contributed by atoms with Gasteiger partial charge in [0.1, 0.15) is 17.3 Å². The number of amides is 2. The summed E-state index contributed by atoms with van der Waals surface area (Å²) >= 11 is 0. The fourth-order valence-electron chi connectivity index (χ4n) is 4.41. The largest absolute Gasteiger partial charge is 0.480 e. The van der Waals surface area contributed by atoms with Crippen molar-refractivity contribution in [3.63, 3.8) is 0 Å². The minimum Gasteiger partial charge on any atom is -0.480 e. The molecule has 3 rings (SSSR count). The number of sulfonamides is 1. The summed E-state index contributed by atoms with van der Waals surface area (Å²) in [6.45, 7) is 0. The SMILES string of the molecule is CN(C)C(=O)Oc1ccc(C[C@H](NC(=O)C2(N(C)S(=O)(=O)Cc3ccccc3)CCCC2)C(=O)O)cc1. The number of carboxylic acid groups (broad SMARTS) is 1. The van der Waals surface area contributed by atoms with E-state index in [0.29, 0.717) is 42.6 Å². The van der Waals surface area contributed by atoms with Crippen molar-refractivity contribution < 1.29 is 32.6 Å². The van der Waals surface area contributed by atoms with Gasteiger partial charge in [0.05, 0.1) is 5.75 Å². The molecule has 0 spiro atoms. The second-order valence-corrected chi connectivity index (χ2v) is 11.4. The number of carbonyl (C=O) groups is 3. The molecule has 2 N–H and O–H groups in total. The quantitative estimate of drug-likeness (QED) is 0.481. The van der Waals surface area contributed by atoms with Crippen molar-refractivity contribution in [2.24, 2.45) is 0 Å². The lowest BCUT2D eigenvalue weighted by Crippen LogP contribution is -2.60. The first-order valence-corrected chi connectivity index (χ1v) is 13.6. The Morgan fingerprint density at radius 2 is 1.57 bits per heavy atom. The Labute approximate surface area is 217 Å². The second-order valence-electron chi connectivity index (χ2n) is 9.42. The lowest BCUT2D eigenvalue weighted by atomic mass is 9.95. The molecule has 1 saturated carbocycles. The summed E-state index contributed by atoms with van der Waals surface area (Å²) in [4.78, 5) is 38.5. The van der Waals surface area contributed by atoms with Crippen molar-refractivity contribution >= 4 is 28.0 Å². The van der Waals surface area contributed by atoms with Crippen molar-refractivity contribution in [2.45, 2.75) is 49.4 Å². The van der Waals surface area contributed by atoms with Gasteiger partial charge in [-0.3, -0.25) is 4.79 Å². The van der Waals surface area contributed by atoms with E-state index in [-0.39, 0.29) is 12.2 Å². The first-order chi connectivity index (χ1) is 17.4. The van der Waals surface area contributed by atoms with Crippen LogP contribution in [-0.4, -0.2) is 73.4 Å². The Kier molecular flexibility index (Phi) is 8.93. The van der Waals surface area contributed by atoms with Gasteiger partial charge in [-0.15, -0.1) is 0 Å². The summed E-state index contributed by atoms with van der Waals surface area (Å²) < 4.78 is 32.8. The highest BCUT2D eigenvalue weighted by Gasteiger charge is 2.49. The number of aliphatic carboxylic acids is 1. The van der Waals surface area contributed by atoms with Gasteiger partial charge in [-0.05, 0) is 36.1 Å². The molecular formula is C26H33N3O7S. The summed E-state index contributed by atoms with van der Waals surface area (Å²) in [5.74, 6) is -1.81. The molecule has 1 atom stereocenters. The number of ether oxygens (including phenoxy) is 1. The van der Waals surface area contributed by atoms with E-state index in [4.69, 9.17) is 4.74 Å². The molecule has 0 aromatic heterocycles. The Hall–Kier alpha value is -3.44. The summed E-state index contributed by atoms with van der Waals surface area (Å²) in [5, 5.41) is 12.4. The number of carboxylic acids is 1. The average Bonchev–Trinajstić information content (AvgIpc) is 3.35. The van der Waals surface area contributed by atoms with Crippen molar-refractivity contribution in [1.82, 2.24) is 14.5 Å². The molecule has 0 saturated heterocycles. The van der Waals surface area contributed by atoms with E-state index >= 15 is 0 Å². The van der Waals surface area contributed by atoms with Crippen LogP contribution in [0.1, 0.15) is 36.8 Å². The normalized spacial score (nSPS) is 15.7. The standard InChI is InChI=1S/C26H33N3O7S/c1-28(2)25(33)36-21-13-11-19(12-14-21)17-22(23(30)31)27-24(32)26(15-7-8-16-26)29(3)37(34,35)18-20-9-5-4-6-10-20/h4-6,9-14,22H,7-8,15-18H2,1-3H3,(H,27,32)(H,30,31)/t22-/m0/s1. The van der Waals surface area contributed by atoms with E-state index in [0.717, 1.165) is 4.31 Å². The maximum atomic E-state index is 13.5. The van der Waals surface area contributed by atoms with Crippen LogP contribution in [0.4, 0.5) is 4.79 Å². The molecule has 1 aliphatic carbocycles. The fraction of sp³-hybridized carbons (Fsp3) is 0.423. The van der Waals surface area contributed by atoms with Gasteiger partial charge in [-0.2, -0.15) is 4.31 Å². The van der Waals surface area contributed by atoms with Crippen molar-refractivity contribution in [3.05, 3.63) is 65.7 Å². The van der Waals surface area contributed by atoms with Gasteiger partial charge in [-0.25, -0.2) is 18.0 Å². The highest BCUT2D eigenvalue weighted by molar-refractivity contribution is 7.88. The van der Waals surface area contributed by atoms with Crippen molar-refractivity contribution in [3.8, 4) is 5.75 Å². The lowest BCUT2D eigenvalue weighted by Gasteiger charge is -2.37. The molecule has 0 bridgehead atoms. The van der Waals surface area contributed by atoms with Crippen molar-refractivity contribution in [1.29, 1.82) is 0 Å². The predicted molar refractivity (Wildman–Crippen MR) is 137 cm³/mol. The molecule has 2 aromatic carbocycles. The third-order valence-electron chi connectivity index (χ3n) is 6.60. The zero-order valence-electron chi connectivity index (χ0n) is 21.2. The number of likely N-dealkylation sites (N-methyl/N-ethyl adjacent to an activating group) is 1. The Morgan fingerprint density at radius 1 is 0.973 bits per heavy atom. The number of nitrogens with one attached hydrogen (secondary N) is 1. The van der Waals surface area contributed by atoms with Crippen LogP contribution in [0.15, 0.2) is 54.6 Å². The van der Waals surface area contributed by atoms with E-state index < -0.39 is 39.6 Å². The second kappa shape index (κ2) is 11.7. The van der Waals surface area contributed by atoms with Crippen LogP contribution in [0.3, 0.4) is 0 Å². The Morgan fingerprint density at radius 3 is 2.11 bits per heavy atom. The number of nitrogens with zero attached hydrogens (tertiary/aromatic N) is 2. The number of hydrogen-bond acceptors (Lipinski definition) is 6. The van der Waals surface area contributed by atoms with Crippen LogP contribution in [0, 0.1) is 0 Å². The summed E-state index contributed by atoms with van der Waals surface area (Å²) in [6, 6.07) is 13.7. The molecule has 11 heteroatoms. The Bertz CT molecular complexity index is 1210. The van der Waals surface area contributed by atoms with Gasteiger partial charge < -0.3 is 20.1 Å². The highest BCUT2D eigenvalue weighted by Crippen LogP contribution is 2.37. The van der Waals surface area contributed by atoms with E-state index in [1.807, 2.05) is 0 Å². The first-order valence-electron chi connectivity index (χ1n) is 12.0. The first kappa shape index (κ1) is 28.1. The molecule has 200 valence electrons. The van der Waals surface area contributed by atoms with Gasteiger partial charge >= 0.3 is 12.1 Å². The molecule has 0 radical (unpaired) electrons. The number of carbonyl (C=O) groups excluding carboxylic acids is 2. The predicted octanol–water partition coefficient (Wildman–Crippen LogP) is 2.63. The minimum atomic E-state index is -3.86. The average molecular weight is 532 g/mol. The van der Waals surface area contributed by atoms with E-state index in [1.54, 1.807) is 68.7 Å². The Balaban J connectivity index is 1.75. The molecule has 1 aliphatic rings. The van der Waals surface area contributed by atoms with Crippen LogP contribution < -0.4 is 10.1 Å². The highest BCUT2D eigenvalue weighted by atomic mass is 32.2. The monoisotopic (exact) mass is 531 g/mol. The smallest absolute Gasteiger partial charge is 0.414 e. The van der Waals surface area contributed by atoms with E-state index in [9.17, 15) is 27.9 Å². The van der Waals surface area contributed by atoms with Crippen LogP contribution in [-0.2, 0) is 31.8 Å². The fourth-order valence-corrected chi connectivity index (χ4v) is 6.01. The summed E-state index contributed by atoms with van der Waals surface area (Å²) in [7, 11) is 0.647. The van der Waals surface area contributed by atoms with E-state index in [2.05, 4.69) is 5.32 Å². The van der Waals surface area contributed by atoms with Gasteiger partial charge in [0.2, 0.25) is 15.9 Å².